The van der Waals surface area contributed by atoms with Crippen LogP contribution in [0.1, 0.15) is 0 Å². The van der Waals surface area contributed by atoms with E-state index in [-0.39, 0.29) is 86.7 Å². The van der Waals surface area contributed by atoms with Gasteiger partial charge in [0.25, 0.3) is 0 Å². The normalized spacial score (nSPS) is 0. The van der Waals surface area contributed by atoms with E-state index in [9.17, 15) is 0 Å². The van der Waals surface area contributed by atoms with Crippen LogP contribution in [0.5, 0.6) is 0 Å². The van der Waals surface area contributed by atoms with Gasteiger partial charge in [0.05, 0.1) is 0 Å². The summed E-state index contributed by atoms with van der Waals surface area (Å²) < 4.78 is 0. The third kappa shape index (κ3) is 8.85. The van der Waals surface area contributed by atoms with Crippen molar-refractivity contribution < 1.29 is 22.4 Å². The van der Waals surface area contributed by atoms with Crippen LogP contribution in [0.15, 0.2) is 0 Å². The van der Waals surface area contributed by atoms with Gasteiger partial charge >= 0.3 is 47.0 Å². The topological polar surface area (TPSA) is 0 Å². The van der Waals surface area contributed by atoms with Gasteiger partial charge in [-0.3, -0.25) is 0 Å². The van der Waals surface area contributed by atoms with E-state index in [1.165, 1.54) is 0 Å². The second-order valence-electron chi connectivity index (χ2n) is 0. The second kappa shape index (κ2) is 17.0. The Labute approximate surface area is 85.2 Å². The number of hydrogen-bond donors (Lipinski definition) is 0. The van der Waals surface area contributed by atoms with Crippen LogP contribution in [0, 0.1) is 0 Å². The predicted molar refractivity (Wildman–Crippen MR) is 27.0 cm³/mol. The zero-order valence-electron chi connectivity index (χ0n) is 1.01. The maximum absolute atomic E-state index is 0. The average molecular weight is 285 g/mol. The van der Waals surface area contributed by atoms with Crippen molar-refractivity contribution in [2.75, 3.05) is 0 Å². The van der Waals surface area contributed by atoms with Crippen molar-refractivity contribution in [3.8, 4) is 0 Å². The van der Waals surface area contributed by atoms with E-state index in [2.05, 4.69) is 0 Å². The Hall–Kier alpha value is 2.84. The van der Waals surface area contributed by atoms with E-state index < -0.39 is 0 Å². The molecule has 3 radical (unpaired) electrons. The van der Waals surface area contributed by atoms with Crippen LogP contribution in [0.3, 0.4) is 0 Å². The van der Waals surface area contributed by atoms with Gasteiger partial charge in [-0.2, -0.15) is 0 Å². The minimum atomic E-state index is 0. The molecular formula is H7AgAlMgSn. The number of rotatable bonds is 0. The van der Waals surface area contributed by atoms with E-state index in [0.717, 1.165) is 0 Å². The van der Waals surface area contributed by atoms with Crippen LogP contribution in [-0.2, 0) is 22.4 Å². The van der Waals surface area contributed by atoms with Gasteiger partial charge in [0.2, 0.25) is 0 Å². The Bertz CT molecular complexity index is 8.00. The Morgan fingerprint density at radius 1 is 1.00 bits per heavy atom. The van der Waals surface area contributed by atoms with E-state index in [4.69, 9.17) is 0 Å². The minimum absolute atomic E-state index is 0. The first-order valence-electron chi connectivity index (χ1n) is 0. The molecule has 0 heterocycles. The van der Waals surface area contributed by atoms with Crippen LogP contribution < -0.4 is 0 Å². The molecule has 0 saturated heterocycles. The molecule has 0 aliphatic carbocycles. The van der Waals surface area contributed by atoms with Gasteiger partial charge in [-0.15, -0.1) is 0 Å². The van der Waals surface area contributed by atoms with Gasteiger partial charge in [-0.1, -0.05) is 0 Å². The van der Waals surface area contributed by atoms with Crippen LogP contribution in [0.25, 0.3) is 0 Å². The van der Waals surface area contributed by atoms with E-state index in [0.29, 0.717) is 0 Å². The molecule has 4 heteroatoms. The molecule has 0 aliphatic rings. The molecule has 0 amide bonds. The fraction of sp³-hybridized carbons (Fsp3) is 0. The van der Waals surface area contributed by atoms with Crippen molar-refractivity contribution in [2.24, 2.45) is 0 Å². The van der Waals surface area contributed by atoms with Crippen LogP contribution in [0.4, 0.5) is 0 Å². The fourth-order valence-corrected chi connectivity index (χ4v) is 0. The SMILES string of the molecule is [Ag].[AlH3].[MgH2].[SnH2]. The molecule has 0 aromatic rings. The standard InChI is InChI=1S/Ag.Al.Mg.Sn.7H. The molecule has 4 heavy (non-hydrogen) atoms. The summed E-state index contributed by atoms with van der Waals surface area (Å²) in [7, 11) is 0. The molecule has 0 unspecified atom stereocenters. The number of hydrogen-bond acceptors (Lipinski definition) is 0. The summed E-state index contributed by atoms with van der Waals surface area (Å²) in [5.74, 6) is 0. The van der Waals surface area contributed by atoms with Crippen LogP contribution in [-0.4, -0.2) is 64.3 Å². The van der Waals surface area contributed by atoms with Crippen molar-refractivity contribution in [2.45, 2.75) is 0 Å². The van der Waals surface area contributed by atoms with Crippen molar-refractivity contribution in [3.63, 3.8) is 0 Å². The van der Waals surface area contributed by atoms with Gasteiger partial charge in [0.15, 0.2) is 17.4 Å². The first-order chi connectivity index (χ1) is 0. The van der Waals surface area contributed by atoms with E-state index in [1.807, 2.05) is 0 Å². The Kier molecular flexibility index (Phi) is 123. The molecule has 0 nitrogen and oxygen atoms in total. The molecule has 0 fully saturated rings. The first kappa shape index (κ1) is 28.9. The average Bonchev–Trinajstić information content (AvgIpc) is 0. The van der Waals surface area contributed by atoms with E-state index in [1.54, 1.807) is 0 Å². The van der Waals surface area contributed by atoms with Crippen molar-refractivity contribution in [1.82, 2.24) is 0 Å². The molecule has 0 rings (SSSR count). The third-order valence-electron chi connectivity index (χ3n) is 0. The Balaban J connectivity index is 0. The summed E-state index contributed by atoms with van der Waals surface area (Å²) in [5.41, 5.74) is 0. The van der Waals surface area contributed by atoms with Gasteiger partial charge < -0.3 is 0 Å². The molecule has 0 bridgehead atoms. The van der Waals surface area contributed by atoms with Crippen molar-refractivity contribution >= 4 is 64.3 Å². The maximum atomic E-state index is 0. The summed E-state index contributed by atoms with van der Waals surface area (Å²) in [5, 5.41) is 0. The first-order valence-corrected chi connectivity index (χ1v) is 0. The van der Waals surface area contributed by atoms with Gasteiger partial charge in [0, 0.05) is 22.4 Å². The molecule has 0 aliphatic heterocycles. The van der Waals surface area contributed by atoms with Crippen molar-refractivity contribution in [1.29, 1.82) is 0 Å². The predicted octanol–water partition coefficient (Wildman–Crippen LogP) is -3.02. The van der Waals surface area contributed by atoms with Gasteiger partial charge in [0.1, 0.15) is 0 Å². The Morgan fingerprint density at radius 3 is 1.00 bits per heavy atom. The summed E-state index contributed by atoms with van der Waals surface area (Å²) >= 11 is 0. The molecule has 27 valence electrons. The second-order valence-corrected chi connectivity index (χ2v) is 0. The molecular weight excluding hydrogens is 278 g/mol. The van der Waals surface area contributed by atoms with Gasteiger partial charge in [-0.05, 0) is 0 Å². The van der Waals surface area contributed by atoms with Crippen molar-refractivity contribution in [3.05, 3.63) is 0 Å². The third-order valence-corrected chi connectivity index (χ3v) is 0. The monoisotopic (exact) mass is 285 g/mol. The quantitative estimate of drug-likeness (QED) is 0.416. The summed E-state index contributed by atoms with van der Waals surface area (Å²) in [6, 6.07) is 0. The summed E-state index contributed by atoms with van der Waals surface area (Å²) in [4.78, 5) is 0. The molecule has 0 aromatic heterocycles. The molecule has 0 N–H and O–H groups in total. The van der Waals surface area contributed by atoms with Crippen LogP contribution in [0.2, 0.25) is 0 Å². The summed E-state index contributed by atoms with van der Waals surface area (Å²) in [6.07, 6.45) is 0. The zero-order chi connectivity index (χ0) is 0. The van der Waals surface area contributed by atoms with Gasteiger partial charge in [-0.25, -0.2) is 0 Å². The zero-order valence-corrected chi connectivity index (χ0v) is 6.53. The fourth-order valence-electron chi connectivity index (χ4n) is 0. The molecule has 0 atom stereocenters. The van der Waals surface area contributed by atoms with E-state index >= 15 is 0 Å². The Morgan fingerprint density at radius 2 is 1.00 bits per heavy atom. The van der Waals surface area contributed by atoms with Crippen LogP contribution >= 0.6 is 0 Å². The summed E-state index contributed by atoms with van der Waals surface area (Å²) in [6.45, 7) is 0. The molecule has 0 aromatic carbocycles. The molecule has 0 spiro atoms. The molecule has 0 saturated carbocycles.